The largest absolute Gasteiger partial charge is 0.493 e. The van der Waals surface area contributed by atoms with Crippen LogP contribution in [0.1, 0.15) is 49.1 Å². The summed E-state index contributed by atoms with van der Waals surface area (Å²) in [5.41, 5.74) is 2.23. The van der Waals surface area contributed by atoms with Gasteiger partial charge in [-0.3, -0.25) is 4.79 Å². The molecule has 1 aliphatic rings. The molecule has 0 spiro atoms. The Morgan fingerprint density at radius 1 is 0.853 bits per heavy atom. The fraction of sp³-hybridized carbons (Fsp3) is 0.357. The van der Waals surface area contributed by atoms with Crippen LogP contribution >= 0.6 is 0 Å². The van der Waals surface area contributed by atoms with Gasteiger partial charge in [-0.2, -0.15) is 0 Å². The van der Waals surface area contributed by atoms with Crippen molar-refractivity contribution >= 4 is 22.7 Å². The van der Waals surface area contributed by atoms with Crippen LogP contribution in [0.25, 0.3) is 10.8 Å². The summed E-state index contributed by atoms with van der Waals surface area (Å²) in [4.78, 5) is 21.7. The van der Waals surface area contributed by atoms with Crippen LogP contribution in [0.3, 0.4) is 0 Å². The highest BCUT2D eigenvalue weighted by Crippen LogP contribution is 2.39. The molecule has 0 amide bonds. The Balaban J connectivity index is 1.47. The van der Waals surface area contributed by atoms with Crippen LogP contribution in [0, 0.1) is 5.92 Å². The molecule has 0 radical (unpaired) electrons. The minimum atomic E-state index is -0.995. The SMILES string of the molecule is O=C(O)CCc1ccccc1OCC1CCCCC1c1ccc2cc(OCC(=O)O)ccc2c1. The minimum Gasteiger partial charge on any atom is -0.493 e. The number of carbonyl (C=O) groups is 2. The summed E-state index contributed by atoms with van der Waals surface area (Å²) in [5.74, 6) is 0.308. The molecule has 0 heterocycles. The molecule has 34 heavy (non-hydrogen) atoms. The molecular weight excluding hydrogens is 432 g/mol. The quantitative estimate of drug-likeness (QED) is 0.403. The molecule has 2 atom stereocenters. The number of aliphatic carboxylic acids is 2. The van der Waals surface area contributed by atoms with E-state index < -0.39 is 11.9 Å². The number of carboxylic acid groups (broad SMARTS) is 2. The molecule has 0 bridgehead atoms. The van der Waals surface area contributed by atoms with Crippen LogP contribution in [0.5, 0.6) is 11.5 Å². The number of aryl methyl sites for hydroxylation is 1. The number of benzene rings is 3. The van der Waals surface area contributed by atoms with Crippen molar-refractivity contribution in [2.24, 2.45) is 5.92 Å². The van der Waals surface area contributed by atoms with Gasteiger partial charge in [0, 0.05) is 6.42 Å². The maximum Gasteiger partial charge on any atom is 0.341 e. The molecule has 2 unspecified atom stereocenters. The van der Waals surface area contributed by atoms with Gasteiger partial charge in [-0.05, 0) is 71.2 Å². The second-order valence-electron chi connectivity index (χ2n) is 8.91. The number of hydrogen-bond donors (Lipinski definition) is 2. The molecule has 0 saturated heterocycles. The zero-order chi connectivity index (χ0) is 23.9. The molecule has 6 nitrogen and oxygen atoms in total. The van der Waals surface area contributed by atoms with E-state index >= 15 is 0 Å². The van der Waals surface area contributed by atoms with Gasteiger partial charge in [0.2, 0.25) is 0 Å². The van der Waals surface area contributed by atoms with Crippen molar-refractivity contribution in [3.8, 4) is 11.5 Å². The predicted octanol–water partition coefficient (Wildman–Crippen LogP) is 5.67. The number of para-hydroxylation sites is 1. The van der Waals surface area contributed by atoms with Gasteiger partial charge >= 0.3 is 11.9 Å². The van der Waals surface area contributed by atoms with Gasteiger partial charge in [0.05, 0.1) is 6.61 Å². The van der Waals surface area contributed by atoms with Gasteiger partial charge < -0.3 is 19.7 Å². The third-order valence-electron chi connectivity index (χ3n) is 6.57. The maximum absolute atomic E-state index is 11.0. The Morgan fingerprint density at radius 3 is 2.44 bits per heavy atom. The van der Waals surface area contributed by atoms with Gasteiger partial charge in [-0.1, -0.05) is 55.3 Å². The first kappa shape index (κ1) is 23.6. The lowest BCUT2D eigenvalue weighted by Crippen LogP contribution is -2.24. The summed E-state index contributed by atoms with van der Waals surface area (Å²) >= 11 is 0. The summed E-state index contributed by atoms with van der Waals surface area (Å²) in [6.07, 6.45) is 5.14. The minimum absolute atomic E-state index is 0.0899. The van der Waals surface area contributed by atoms with E-state index in [9.17, 15) is 9.59 Å². The van der Waals surface area contributed by atoms with Crippen molar-refractivity contribution in [1.29, 1.82) is 0 Å². The smallest absolute Gasteiger partial charge is 0.341 e. The zero-order valence-electron chi connectivity index (χ0n) is 19.1. The van der Waals surface area contributed by atoms with E-state index in [1.54, 1.807) is 0 Å². The number of hydrogen-bond acceptors (Lipinski definition) is 4. The van der Waals surface area contributed by atoms with Gasteiger partial charge in [0.25, 0.3) is 0 Å². The molecule has 3 aromatic carbocycles. The van der Waals surface area contributed by atoms with E-state index in [4.69, 9.17) is 19.7 Å². The van der Waals surface area contributed by atoms with Crippen molar-refractivity contribution in [3.63, 3.8) is 0 Å². The summed E-state index contributed by atoms with van der Waals surface area (Å²) in [6.45, 7) is 0.252. The second-order valence-corrected chi connectivity index (χ2v) is 8.91. The van der Waals surface area contributed by atoms with Crippen LogP contribution < -0.4 is 9.47 Å². The number of ether oxygens (including phenoxy) is 2. The molecule has 4 rings (SSSR count). The Kier molecular flexibility index (Phi) is 7.68. The molecule has 0 aliphatic heterocycles. The highest BCUT2D eigenvalue weighted by atomic mass is 16.5. The average molecular weight is 463 g/mol. The highest BCUT2D eigenvalue weighted by Gasteiger charge is 2.27. The van der Waals surface area contributed by atoms with Crippen LogP contribution in [0.4, 0.5) is 0 Å². The van der Waals surface area contributed by atoms with E-state index in [2.05, 4.69) is 18.2 Å². The van der Waals surface area contributed by atoms with E-state index in [1.165, 1.54) is 18.4 Å². The first-order chi connectivity index (χ1) is 16.5. The van der Waals surface area contributed by atoms with Crippen molar-refractivity contribution in [2.45, 2.75) is 44.4 Å². The first-order valence-corrected chi connectivity index (χ1v) is 11.8. The number of rotatable bonds is 10. The van der Waals surface area contributed by atoms with Crippen LogP contribution in [-0.4, -0.2) is 35.4 Å². The fourth-order valence-corrected chi connectivity index (χ4v) is 4.84. The average Bonchev–Trinajstić information content (AvgIpc) is 2.85. The lowest BCUT2D eigenvalue weighted by atomic mass is 9.75. The highest BCUT2D eigenvalue weighted by molar-refractivity contribution is 5.84. The van der Waals surface area contributed by atoms with E-state index in [-0.39, 0.29) is 13.0 Å². The summed E-state index contributed by atoms with van der Waals surface area (Å²) in [7, 11) is 0. The maximum atomic E-state index is 11.0. The first-order valence-electron chi connectivity index (χ1n) is 11.8. The topological polar surface area (TPSA) is 93.1 Å². The van der Waals surface area contributed by atoms with Gasteiger partial charge in [0.1, 0.15) is 11.5 Å². The third-order valence-corrected chi connectivity index (χ3v) is 6.57. The molecular formula is C28H30O6. The van der Waals surface area contributed by atoms with Crippen LogP contribution in [-0.2, 0) is 16.0 Å². The van der Waals surface area contributed by atoms with Crippen molar-refractivity contribution in [3.05, 3.63) is 71.8 Å². The zero-order valence-corrected chi connectivity index (χ0v) is 19.1. The third kappa shape index (κ3) is 6.07. The van der Waals surface area contributed by atoms with Gasteiger partial charge in [0.15, 0.2) is 6.61 Å². The lowest BCUT2D eigenvalue weighted by molar-refractivity contribution is -0.139. The molecule has 6 heteroatoms. The van der Waals surface area contributed by atoms with E-state index in [0.717, 1.165) is 34.9 Å². The molecule has 2 N–H and O–H groups in total. The molecule has 0 aromatic heterocycles. The lowest BCUT2D eigenvalue weighted by Gasteiger charge is -2.32. The molecule has 1 aliphatic carbocycles. The molecule has 178 valence electrons. The van der Waals surface area contributed by atoms with Crippen molar-refractivity contribution in [1.82, 2.24) is 0 Å². The van der Waals surface area contributed by atoms with Gasteiger partial charge in [-0.25, -0.2) is 4.79 Å². The Morgan fingerprint density at radius 2 is 1.62 bits per heavy atom. The Hall–Kier alpha value is -3.54. The van der Waals surface area contributed by atoms with Crippen LogP contribution in [0.15, 0.2) is 60.7 Å². The molecule has 1 saturated carbocycles. The van der Waals surface area contributed by atoms with Crippen molar-refractivity contribution in [2.75, 3.05) is 13.2 Å². The monoisotopic (exact) mass is 462 g/mol. The Labute approximate surface area is 199 Å². The van der Waals surface area contributed by atoms with Crippen molar-refractivity contribution < 1.29 is 29.3 Å². The summed E-state index contributed by atoms with van der Waals surface area (Å²) < 4.78 is 11.6. The van der Waals surface area contributed by atoms with Gasteiger partial charge in [-0.15, -0.1) is 0 Å². The Bertz CT molecular complexity index is 1150. The number of carboxylic acids is 2. The molecule has 1 fully saturated rings. The normalized spacial score (nSPS) is 17.9. The number of fused-ring (bicyclic) bond motifs is 1. The summed E-state index contributed by atoms with van der Waals surface area (Å²) in [6, 6.07) is 19.8. The van der Waals surface area contributed by atoms with Crippen LogP contribution in [0.2, 0.25) is 0 Å². The summed E-state index contributed by atoms with van der Waals surface area (Å²) in [5, 5.41) is 20.0. The predicted molar refractivity (Wildman–Crippen MR) is 130 cm³/mol. The second kappa shape index (κ2) is 11.1. The fourth-order valence-electron chi connectivity index (χ4n) is 4.84. The standard InChI is InChI=1S/C28H30O6/c29-27(30)14-12-19-5-2-4-8-26(19)34-17-23-6-1-3-7-25(23)22-10-9-21-16-24(33-18-28(31)32)13-11-20(21)15-22/h2,4-5,8-11,13,15-16,23,25H,1,3,6-7,12,14,17-18H2,(H,29,30)(H,31,32). The van der Waals surface area contributed by atoms with E-state index in [1.807, 2.05) is 42.5 Å². The molecule has 3 aromatic rings. The van der Waals surface area contributed by atoms with E-state index in [0.29, 0.717) is 30.6 Å².